The Morgan fingerprint density at radius 1 is 1.08 bits per heavy atom. The first kappa shape index (κ1) is 19.6. The van der Waals surface area contributed by atoms with E-state index in [9.17, 15) is 9.59 Å². The molecular formula is C18H20BrN3O2. The molecule has 24 heavy (non-hydrogen) atoms. The lowest BCUT2D eigenvalue weighted by molar-refractivity contribution is -0.116. The number of benzene rings is 2. The Kier molecular flexibility index (Phi) is 7.85. The highest BCUT2D eigenvalue weighted by Crippen LogP contribution is 2.22. The monoisotopic (exact) mass is 389 g/mol. The summed E-state index contributed by atoms with van der Waals surface area (Å²) < 4.78 is 0. The second-order valence-corrected chi connectivity index (χ2v) is 5.50. The van der Waals surface area contributed by atoms with E-state index < -0.39 is 0 Å². The number of primary amides is 1. The molecule has 0 saturated heterocycles. The smallest absolute Gasteiger partial charge is 0.228 e. The maximum absolute atomic E-state index is 11.5. The van der Waals surface area contributed by atoms with Gasteiger partial charge in [0.25, 0.3) is 0 Å². The zero-order valence-electron chi connectivity index (χ0n) is 13.6. The van der Waals surface area contributed by atoms with Crippen molar-refractivity contribution in [3.05, 3.63) is 65.7 Å². The van der Waals surface area contributed by atoms with Gasteiger partial charge in [-0.05, 0) is 6.07 Å². The highest BCUT2D eigenvalue weighted by atomic mass is 79.9. The number of halogens is 1. The van der Waals surface area contributed by atoms with Crippen LogP contribution in [-0.4, -0.2) is 29.9 Å². The van der Waals surface area contributed by atoms with Crippen molar-refractivity contribution in [3.8, 4) is 0 Å². The van der Waals surface area contributed by atoms with Crippen LogP contribution in [0.4, 0.5) is 5.69 Å². The number of para-hydroxylation sites is 1. The average molecular weight is 390 g/mol. The number of alkyl halides is 1. The van der Waals surface area contributed by atoms with Crippen molar-refractivity contribution in [2.75, 3.05) is 17.3 Å². The minimum Gasteiger partial charge on any atom is -0.369 e. The molecule has 2 rings (SSSR count). The molecule has 0 aliphatic rings. The molecule has 126 valence electrons. The van der Waals surface area contributed by atoms with E-state index in [0.29, 0.717) is 5.71 Å². The van der Waals surface area contributed by atoms with Crippen LogP contribution in [0.1, 0.15) is 18.1 Å². The molecule has 0 aliphatic carbocycles. The van der Waals surface area contributed by atoms with Gasteiger partial charge in [0.2, 0.25) is 11.8 Å². The van der Waals surface area contributed by atoms with Crippen molar-refractivity contribution in [1.82, 2.24) is 0 Å². The largest absolute Gasteiger partial charge is 0.369 e. The molecule has 2 amide bonds. The highest BCUT2D eigenvalue weighted by molar-refractivity contribution is 9.09. The second kappa shape index (κ2) is 9.62. The Morgan fingerprint density at radius 3 is 2.08 bits per heavy atom. The van der Waals surface area contributed by atoms with Crippen molar-refractivity contribution in [2.24, 2.45) is 5.73 Å². The first-order valence-corrected chi connectivity index (χ1v) is 8.32. The van der Waals surface area contributed by atoms with E-state index in [-0.39, 0.29) is 17.1 Å². The minimum atomic E-state index is -0.329. The Hall–Kier alpha value is -2.47. The summed E-state index contributed by atoms with van der Waals surface area (Å²) in [5.74, 6) is -0.377. The van der Waals surface area contributed by atoms with E-state index in [2.05, 4.69) is 21.7 Å². The number of amides is 2. The van der Waals surface area contributed by atoms with E-state index in [1.807, 2.05) is 54.6 Å². The molecule has 0 radical (unpaired) electrons. The van der Waals surface area contributed by atoms with Gasteiger partial charge in [0.05, 0.1) is 16.7 Å². The molecule has 0 saturated carbocycles. The number of nitrogens with one attached hydrogen (secondary N) is 1. The van der Waals surface area contributed by atoms with Gasteiger partial charge in [-0.1, -0.05) is 64.5 Å². The first-order chi connectivity index (χ1) is 11.4. The van der Waals surface area contributed by atoms with Crippen LogP contribution in [0.25, 0.3) is 0 Å². The van der Waals surface area contributed by atoms with Gasteiger partial charge in [-0.25, -0.2) is 0 Å². The topological polar surface area (TPSA) is 87.2 Å². The second-order valence-electron chi connectivity index (χ2n) is 4.94. The summed E-state index contributed by atoms with van der Waals surface area (Å²) in [6.07, 6.45) is 0. The molecule has 2 aromatic carbocycles. The molecule has 0 aromatic heterocycles. The van der Waals surface area contributed by atoms with Gasteiger partial charge in [0, 0.05) is 25.1 Å². The normalized spacial score (nSPS) is 9.46. The molecule has 0 fully saturated rings. The molecular weight excluding hydrogens is 370 g/mol. The number of hydrogen-bond acceptors (Lipinski definition) is 3. The standard InChI is InChI=1S/C16H16N2O.C2H4BrNO/c1-12(19)18(2)15-11-7-6-10-14(15)16(17)13-8-4-3-5-9-13;3-1-2(4)5/h3-11,17H,1-2H3;1H2,(H2,4,5). The SMILES string of the molecule is CC(=O)N(C)c1ccccc1C(=N)c1ccccc1.NC(=O)CBr. The van der Waals surface area contributed by atoms with Crippen LogP contribution in [0.2, 0.25) is 0 Å². The summed E-state index contributed by atoms with van der Waals surface area (Å²) in [7, 11) is 1.72. The fourth-order valence-electron chi connectivity index (χ4n) is 1.91. The fraction of sp³-hybridized carbons (Fsp3) is 0.167. The third kappa shape index (κ3) is 5.62. The van der Waals surface area contributed by atoms with Crippen molar-refractivity contribution in [2.45, 2.75) is 6.92 Å². The van der Waals surface area contributed by atoms with Crippen molar-refractivity contribution < 1.29 is 9.59 Å². The number of rotatable bonds is 4. The molecule has 0 spiro atoms. The van der Waals surface area contributed by atoms with Crippen LogP contribution in [-0.2, 0) is 9.59 Å². The molecule has 5 nitrogen and oxygen atoms in total. The molecule has 0 bridgehead atoms. The Morgan fingerprint density at radius 2 is 1.58 bits per heavy atom. The van der Waals surface area contributed by atoms with Gasteiger partial charge in [0.1, 0.15) is 0 Å². The van der Waals surface area contributed by atoms with Crippen LogP contribution in [0.3, 0.4) is 0 Å². The summed E-state index contributed by atoms with van der Waals surface area (Å²) in [5.41, 5.74) is 7.38. The number of carbonyl (C=O) groups excluding carboxylic acids is 2. The Bertz CT molecular complexity index is 717. The third-order valence-corrected chi connectivity index (χ3v) is 3.75. The minimum absolute atomic E-state index is 0.0479. The van der Waals surface area contributed by atoms with Crippen molar-refractivity contribution in [1.29, 1.82) is 5.41 Å². The maximum Gasteiger partial charge on any atom is 0.228 e. The molecule has 0 heterocycles. The van der Waals surface area contributed by atoms with Gasteiger partial charge in [-0.2, -0.15) is 0 Å². The first-order valence-electron chi connectivity index (χ1n) is 7.20. The lowest BCUT2D eigenvalue weighted by atomic mass is 10.0. The lowest BCUT2D eigenvalue weighted by Crippen LogP contribution is -2.25. The summed E-state index contributed by atoms with van der Waals surface area (Å²) >= 11 is 2.84. The lowest BCUT2D eigenvalue weighted by Gasteiger charge is -2.19. The van der Waals surface area contributed by atoms with E-state index in [1.165, 1.54) is 6.92 Å². The number of nitrogens with zero attached hydrogens (tertiary/aromatic N) is 1. The van der Waals surface area contributed by atoms with Gasteiger partial charge < -0.3 is 10.6 Å². The number of nitrogens with two attached hydrogens (primary N) is 1. The summed E-state index contributed by atoms with van der Waals surface area (Å²) in [4.78, 5) is 22.6. The van der Waals surface area contributed by atoms with Crippen LogP contribution >= 0.6 is 15.9 Å². The van der Waals surface area contributed by atoms with E-state index in [0.717, 1.165) is 16.8 Å². The van der Waals surface area contributed by atoms with Gasteiger partial charge in [-0.15, -0.1) is 0 Å². The van der Waals surface area contributed by atoms with E-state index >= 15 is 0 Å². The predicted molar refractivity (Wildman–Crippen MR) is 101 cm³/mol. The molecule has 2 aromatic rings. The average Bonchev–Trinajstić information content (AvgIpc) is 2.61. The summed E-state index contributed by atoms with van der Waals surface area (Å²) in [6, 6.07) is 17.0. The number of carbonyl (C=O) groups is 2. The zero-order chi connectivity index (χ0) is 18.1. The maximum atomic E-state index is 11.5. The van der Waals surface area contributed by atoms with E-state index in [4.69, 9.17) is 5.41 Å². The van der Waals surface area contributed by atoms with Gasteiger partial charge >= 0.3 is 0 Å². The quantitative estimate of drug-likeness (QED) is 0.621. The molecule has 0 aliphatic heterocycles. The van der Waals surface area contributed by atoms with Gasteiger partial charge in [-0.3, -0.25) is 15.0 Å². The van der Waals surface area contributed by atoms with E-state index in [1.54, 1.807) is 11.9 Å². The highest BCUT2D eigenvalue weighted by Gasteiger charge is 2.14. The summed E-state index contributed by atoms with van der Waals surface area (Å²) in [5, 5.41) is 8.56. The van der Waals surface area contributed by atoms with Gasteiger partial charge in [0.15, 0.2) is 0 Å². The zero-order valence-corrected chi connectivity index (χ0v) is 15.2. The third-order valence-electron chi connectivity index (χ3n) is 3.20. The molecule has 6 heteroatoms. The Labute approximate surface area is 150 Å². The van der Waals surface area contributed by atoms with Crippen LogP contribution in [0, 0.1) is 5.41 Å². The predicted octanol–water partition coefficient (Wildman–Crippen LogP) is 2.95. The molecule has 0 unspecified atom stereocenters. The molecule has 3 N–H and O–H groups in total. The summed E-state index contributed by atoms with van der Waals surface area (Å²) in [6.45, 7) is 1.52. The van der Waals surface area contributed by atoms with Crippen LogP contribution in [0.5, 0.6) is 0 Å². The fourth-order valence-corrected chi connectivity index (χ4v) is 1.91. The van der Waals surface area contributed by atoms with Crippen LogP contribution in [0.15, 0.2) is 54.6 Å². The molecule has 0 atom stereocenters. The Balaban J connectivity index is 0.000000505. The van der Waals surface area contributed by atoms with Crippen molar-refractivity contribution >= 4 is 39.1 Å². The number of anilines is 1. The van der Waals surface area contributed by atoms with Crippen molar-refractivity contribution in [3.63, 3.8) is 0 Å². The van der Waals surface area contributed by atoms with Crippen LogP contribution < -0.4 is 10.6 Å². The number of hydrogen-bond donors (Lipinski definition) is 2.